The maximum Gasteiger partial charge on any atom is 0.201 e. The molecule has 0 amide bonds. The van der Waals surface area contributed by atoms with E-state index in [4.69, 9.17) is 11.6 Å². The monoisotopic (exact) mass is 369 g/mol. The smallest absolute Gasteiger partial charge is 0.201 e. The fourth-order valence-electron chi connectivity index (χ4n) is 2.17. The number of aromatic amines is 1. The van der Waals surface area contributed by atoms with E-state index < -0.39 is 23.0 Å². The first-order chi connectivity index (χ1) is 9.97. The largest absolute Gasteiger partial charge is 0.360 e. The SMILES string of the molecule is O=C(c1c(F)cc(Br)cc1F)c1c[nH]c2ccc(Cl)cc12. The first kappa shape index (κ1) is 14.2. The van der Waals surface area contributed by atoms with Crippen LogP contribution >= 0.6 is 27.5 Å². The average molecular weight is 371 g/mol. The summed E-state index contributed by atoms with van der Waals surface area (Å²) in [6.45, 7) is 0. The lowest BCUT2D eigenvalue weighted by Crippen LogP contribution is -2.07. The Kier molecular flexibility index (Phi) is 3.55. The zero-order valence-corrected chi connectivity index (χ0v) is 12.7. The van der Waals surface area contributed by atoms with Crippen LogP contribution in [0.5, 0.6) is 0 Å². The van der Waals surface area contributed by atoms with Gasteiger partial charge in [-0.15, -0.1) is 0 Å². The van der Waals surface area contributed by atoms with E-state index in [-0.39, 0.29) is 10.0 Å². The van der Waals surface area contributed by atoms with E-state index in [1.165, 1.54) is 6.20 Å². The lowest BCUT2D eigenvalue weighted by Gasteiger charge is -2.04. The van der Waals surface area contributed by atoms with E-state index in [0.717, 1.165) is 12.1 Å². The molecule has 3 rings (SSSR count). The van der Waals surface area contributed by atoms with Gasteiger partial charge in [-0.05, 0) is 30.3 Å². The highest BCUT2D eigenvalue weighted by atomic mass is 79.9. The number of rotatable bonds is 2. The van der Waals surface area contributed by atoms with Crippen LogP contribution < -0.4 is 0 Å². The van der Waals surface area contributed by atoms with Crippen molar-refractivity contribution in [2.75, 3.05) is 0 Å². The van der Waals surface area contributed by atoms with Gasteiger partial charge in [0.15, 0.2) is 0 Å². The van der Waals surface area contributed by atoms with Gasteiger partial charge in [0.25, 0.3) is 0 Å². The van der Waals surface area contributed by atoms with Crippen molar-refractivity contribution in [3.05, 3.63) is 68.8 Å². The van der Waals surface area contributed by atoms with Gasteiger partial charge in [0.05, 0.1) is 5.56 Å². The van der Waals surface area contributed by atoms with E-state index in [1.807, 2.05) is 0 Å². The highest BCUT2D eigenvalue weighted by molar-refractivity contribution is 9.10. The fourth-order valence-corrected chi connectivity index (χ4v) is 2.75. The standard InChI is InChI=1S/C15H7BrClF2NO/c16-7-3-11(18)14(12(19)4-7)15(21)10-6-20-13-2-1-8(17)5-9(10)13/h1-6,20H. The van der Waals surface area contributed by atoms with E-state index in [2.05, 4.69) is 20.9 Å². The molecule has 0 aliphatic heterocycles. The van der Waals surface area contributed by atoms with Crippen molar-refractivity contribution in [3.63, 3.8) is 0 Å². The number of nitrogens with one attached hydrogen (secondary N) is 1. The van der Waals surface area contributed by atoms with E-state index in [9.17, 15) is 13.6 Å². The number of benzene rings is 2. The van der Waals surface area contributed by atoms with Crippen LogP contribution in [0.3, 0.4) is 0 Å². The van der Waals surface area contributed by atoms with Gasteiger partial charge in [-0.3, -0.25) is 4.79 Å². The molecule has 6 heteroatoms. The number of carbonyl (C=O) groups is 1. The van der Waals surface area contributed by atoms with Crippen LogP contribution in [0.25, 0.3) is 10.9 Å². The Morgan fingerprint density at radius 3 is 2.48 bits per heavy atom. The Hall–Kier alpha value is -1.72. The van der Waals surface area contributed by atoms with Gasteiger partial charge in [0, 0.05) is 32.2 Å². The number of carbonyl (C=O) groups excluding carboxylic acids is 1. The first-order valence-corrected chi connectivity index (χ1v) is 7.10. The zero-order valence-electron chi connectivity index (χ0n) is 10.4. The van der Waals surface area contributed by atoms with Gasteiger partial charge in [0.1, 0.15) is 11.6 Å². The molecule has 0 spiro atoms. The predicted molar refractivity (Wildman–Crippen MR) is 80.8 cm³/mol. The number of ketones is 1. The summed E-state index contributed by atoms with van der Waals surface area (Å²) in [7, 11) is 0. The molecular weight excluding hydrogens is 364 g/mol. The maximum atomic E-state index is 13.9. The topological polar surface area (TPSA) is 32.9 Å². The zero-order chi connectivity index (χ0) is 15.1. The summed E-state index contributed by atoms with van der Waals surface area (Å²) in [5.74, 6) is -2.56. The van der Waals surface area contributed by atoms with Crippen molar-refractivity contribution in [2.24, 2.45) is 0 Å². The second kappa shape index (κ2) is 5.24. The van der Waals surface area contributed by atoms with E-state index in [0.29, 0.717) is 15.9 Å². The van der Waals surface area contributed by atoms with E-state index >= 15 is 0 Å². The van der Waals surface area contributed by atoms with Gasteiger partial charge in [-0.2, -0.15) is 0 Å². The fraction of sp³-hybridized carbons (Fsp3) is 0. The van der Waals surface area contributed by atoms with Gasteiger partial charge in [-0.25, -0.2) is 8.78 Å². The van der Waals surface area contributed by atoms with Crippen LogP contribution in [0.2, 0.25) is 5.02 Å². The Bertz CT molecular complexity index is 852. The third-order valence-electron chi connectivity index (χ3n) is 3.12. The summed E-state index contributed by atoms with van der Waals surface area (Å²) < 4.78 is 28.0. The Labute approximate surface area is 131 Å². The number of H-pyrrole nitrogens is 1. The van der Waals surface area contributed by atoms with Crippen molar-refractivity contribution in [1.82, 2.24) is 4.98 Å². The second-order valence-corrected chi connectivity index (χ2v) is 5.82. The van der Waals surface area contributed by atoms with Crippen molar-refractivity contribution in [2.45, 2.75) is 0 Å². The number of halogens is 4. The van der Waals surface area contributed by atoms with Crippen molar-refractivity contribution in [1.29, 1.82) is 0 Å². The maximum absolute atomic E-state index is 13.9. The minimum Gasteiger partial charge on any atom is -0.360 e. The molecule has 1 heterocycles. The summed E-state index contributed by atoms with van der Waals surface area (Å²) in [6, 6.07) is 7.05. The van der Waals surface area contributed by atoms with E-state index in [1.54, 1.807) is 18.2 Å². The molecule has 0 aliphatic rings. The molecule has 0 saturated heterocycles. The molecule has 106 valence electrons. The molecule has 0 fully saturated rings. The van der Waals surface area contributed by atoms with Gasteiger partial charge in [-0.1, -0.05) is 27.5 Å². The van der Waals surface area contributed by atoms with Crippen LogP contribution in [-0.4, -0.2) is 10.8 Å². The summed E-state index contributed by atoms with van der Waals surface area (Å²) in [5.41, 5.74) is 0.257. The van der Waals surface area contributed by atoms with Crippen LogP contribution in [0.1, 0.15) is 15.9 Å². The molecule has 0 atom stereocenters. The summed E-state index contributed by atoms with van der Waals surface area (Å²) in [6.07, 6.45) is 1.42. The lowest BCUT2D eigenvalue weighted by atomic mass is 10.0. The summed E-state index contributed by atoms with van der Waals surface area (Å²) in [4.78, 5) is 15.3. The molecule has 1 aromatic heterocycles. The molecule has 0 saturated carbocycles. The molecule has 2 aromatic carbocycles. The van der Waals surface area contributed by atoms with Gasteiger partial charge >= 0.3 is 0 Å². The number of hydrogen-bond donors (Lipinski definition) is 1. The van der Waals surface area contributed by atoms with Crippen LogP contribution in [-0.2, 0) is 0 Å². The Balaban J connectivity index is 2.20. The highest BCUT2D eigenvalue weighted by Gasteiger charge is 2.22. The minimum atomic E-state index is -0.914. The summed E-state index contributed by atoms with van der Waals surface area (Å²) >= 11 is 8.88. The first-order valence-electron chi connectivity index (χ1n) is 5.93. The Morgan fingerprint density at radius 2 is 1.81 bits per heavy atom. The van der Waals surface area contributed by atoms with Crippen LogP contribution in [0, 0.1) is 11.6 Å². The number of aromatic nitrogens is 1. The minimum absolute atomic E-state index is 0.174. The molecule has 0 unspecified atom stereocenters. The predicted octanol–water partition coefficient (Wildman–Crippen LogP) is 5.09. The third-order valence-corrected chi connectivity index (χ3v) is 3.82. The molecule has 21 heavy (non-hydrogen) atoms. The molecular formula is C15H7BrClF2NO. The van der Waals surface area contributed by atoms with Crippen molar-refractivity contribution < 1.29 is 13.6 Å². The molecule has 0 aliphatic carbocycles. The Morgan fingerprint density at radius 1 is 1.14 bits per heavy atom. The average Bonchev–Trinajstić information content (AvgIpc) is 2.80. The van der Waals surface area contributed by atoms with Crippen LogP contribution in [0.4, 0.5) is 8.78 Å². The molecule has 0 bridgehead atoms. The van der Waals surface area contributed by atoms with Crippen molar-refractivity contribution >= 4 is 44.2 Å². The lowest BCUT2D eigenvalue weighted by molar-refractivity contribution is 0.103. The summed E-state index contributed by atoms with van der Waals surface area (Å²) in [5, 5.41) is 0.960. The molecule has 2 nitrogen and oxygen atoms in total. The van der Waals surface area contributed by atoms with Crippen molar-refractivity contribution in [3.8, 4) is 0 Å². The number of hydrogen-bond acceptors (Lipinski definition) is 1. The molecule has 1 N–H and O–H groups in total. The number of fused-ring (bicyclic) bond motifs is 1. The van der Waals surface area contributed by atoms with Gasteiger partial charge < -0.3 is 4.98 Å². The van der Waals surface area contributed by atoms with Gasteiger partial charge in [0.2, 0.25) is 5.78 Å². The molecule has 0 radical (unpaired) electrons. The highest BCUT2D eigenvalue weighted by Crippen LogP contribution is 2.27. The second-order valence-electron chi connectivity index (χ2n) is 4.47. The quantitative estimate of drug-likeness (QED) is 0.626. The third kappa shape index (κ3) is 2.47. The normalized spacial score (nSPS) is 11.0. The molecule has 3 aromatic rings. The van der Waals surface area contributed by atoms with Crippen LogP contribution in [0.15, 0.2) is 41.0 Å².